The van der Waals surface area contributed by atoms with Crippen LogP contribution in [0.5, 0.6) is 0 Å². The van der Waals surface area contributed by atoms with Gasteiger partial charge < -0.3 is 15.4 Å². The monoisotopic (exact) mass is 359 g/mol. The van der Waals surface area contributed by atoms with Gasteiger partial charge in [0, 0.05) is 29.6 Å². The van der Waals surface area contributed by atoms with E-state index in [0.29, 0.717) is 5.56 Å². The lowest BCUT2D eigenvalue weighted by Gasteiger charge is -2.12. The van der Waals surface area contributed by atoms with Gasteiger partial charge in [0.15, 0.2) is 0 Å². The topological polar surface area (TPSA) is 106 Å². The molecule has 6 heteroatoms. The van der Waals surface area contributed by atoms with Gasteiger partial charge in [0.1, 0.15) is 6.04 Å². The molecule has 1 aromatic heterocycles. The maximum Gasteiger partial charge on any atom is 0.326 e. The molecule has 2 aromatic carbocycles. The Kier molecular flexibility index (Phi) is 5.33. The lowest BCUT2D eigenvalue weighted by molar-refractivity contribution is -0.141. The number of carboxylic acid groups (broad SMARTS) is 1. The quantitative estimate of drug-likeness (QED) is 0.588. The first-order chi connectivity index (χ1) is 13.1. The van der Waals surface area contributed by atoms with E-state index in [-0.39, 0.29) is 6.42 Å². The second-order valence-electron chi connectivity index (χ2n) is 6.03. The SMILES string of the molecule is N#Cc1ccc(/C=C/C(=O)N[C@@H](Cc2c[nH]c3ccccc23)C(=O)O)cc1. The molecule has 0 saturated carbocycles. The number of carbonyl (C=O) groups excluding carboxylic acids is 1. The summed E-state index contributed by atoms with van der Waals surface area (Å²) >= 11 is 0. The average Bonchev–Trinajstić information content (AvgIpc) is 3.09. The Labute approximate surface area is 155 Å². The molecule has 0 bridgehead atoms. The predicted molar refractivity (Wildman–Crippen MR) is 102 cm³/mol. The number of benzene rings is 2. The molecule has 3 N–H and O–H groups in total. The molecule has 0 aliphatic carbocycles. The lowest BCUT2D eigenvalue weighted by Crippen LogP contribution is -2.41. The second-order valence-corrected chi connectivity index (χ2v) is 6.03. The van der Waals surface area contributed by atoms with Crippen molar-refractivity contribution in [1.29, 1.82) is 5.26 Å². The Bertz CT molecular complexity index is 1040. The minimum absolute atomic E-state index is 0.176. The summed E-state index contributed by atoms with van der Waals surface area (Å²) in [5.74, 6) is -1.59. The van der Waals surface area contributed by atoms with Crippen molar-refractivity contribution >= 4 is 28.9 Å². The maximum absolute atomic E-state index is 12.1. The van der Waals surface area contributed by atoms with Crippen LogP contribution in [0.1, 0.15) is 16.7 Å². The van der Waals surface area contributed by atoms with Crippen LogP contribution in [0, 0.1) is 11.3 Å². The summed E-state index contributed by atoms with van der Waals surface area (Å²) in [6.45, 7) is 0. The Hall–Kier alpha value is -3.85. The molecule has 27 heavy (non-hydrogen) atoms. The molecule has 0 unspecified atom stereocenters. The van der Waals surface area contributed by atoms with Crippen LogP contribution in [0.4, 0.5) is 0 Å². The summed E-state index contributed by atoms with van der Waals surface area (Å²) in [7, 11) is 0. The fraction of sp³-hybridized carbons (Fsp3) is 0.0952. The number of para-hydroxylation sites is 1. The van der Waals surface area contributed by atoms with E-state index in [0.717, 1.165) is 22.0 Å². The molecule has 0 aliphatic rings. The van der Waals surface area contributed by atoms with Gasteiger partial charge in [-0.1, -0.05) is 30.3 Å². The van der Waals surface area contributed by atoms with E-state index >= 15 is 0 Å². The number of amides is 1. The summed E-state index contributed by atoms with van der Waals surface area (Å²) in [6, 6.07) is 15.3. The Morgan fingerprint density at radius 2 is 1.93 bits per heavy atom. The molecule has 0 saturated heterocycles. The second kappa shape index (κ2) is 8.02. The molecule has 3 rings (SSSR count). The minimum atomic E-state index is -1.10. The lowest BCUT2D eigenvalue weighted by atomic mass is 10.0. The molecule has 1 atom stereocenters. The van der Waals surface area contributed by atoms with Gasteiger partial charge in [0.2, 0.25) is 5.91 Å². The number of carbonyl (C=O) groups is 2. The summed E-state index contributed by atoms with van der Waals surface area (Å²) in [5.41, 5.74) is 3.02. The minimum Gasteiger partial charge on any atom is -0.480 e. The predicted octanol–water partition coefficient (Wildman–Crippen LogP) is 2.86. The first-order valence-corrected chi connectivity index (χ1v) is 8.33. The van der Waals surface area contributed by atoms with Crippen molar-refractivity contribution in [3.8, 4) is 6.07 Å². The van der Waals surface area contributed by atoms with Gasteiger partial charge in [0.05, 0.1) is 11.6 Å². The number of nitrogens with zero attached hydrogens (tertiary/aromatic N) is 1. The number of aliphatic carboxylic acids is 1. The molecule has 134 valence electrons. The van der Waals surface area contributed by atoms with Gasteiger partial charge in [-0.2, -0.15) is 5.26 Å². The van der Waals surface area contributed by atoms with Gasteiger partial charge in [0.25, 0.3) is 0 Å². The van der Waals surface area contributed by atoms with Gasteiger partial charge >= 0.3 is 5.97 Å². The smallest absolute Gasteiger partial charge is 0.326 e. The van der Waals surface area contributed by atoms with Crippen LogP contribution < -0.4 is 5.32 Å². The average molecular weight is 359 g/mol. The van der Waals surface area contributed by atoms with Gasteiger partial charge in [-0.15, -0.1) is 0 Å². The van der Waals surface area contributed by atoms with Crippen molar-refractivity contribution in [2.45, 2.75) is 12.5 Å². The van der Waals surface area contributed by atoms with E-state index < -0.39 is 17.9 Å². The Morgan fingerprint density at radius 3 is 2.63 bits per heavy atom. The summed E-state index contributed by atoms with van der Waals surface area (Å²) < 4.78 is 0. The van der Waals surface area contributed by atoms with Crippen LogP contribution in [0.15, 0.2) is 60.8 Å². The zero-order valence-corrected chi connectivity index (χ0v) is 14.3. The molecule has 3 aromatic rings. The van der Waals surface area contributed by atoms with E-state index in [2.05, 4.69) is 10.3 Å². The van der Waals surface area contributed by atoms with Crippen molar-refractivity contribution in [3.63, 3.8) is 0 Å². The number of hydrogen-bond donors (Lipinski definition) is 3. The Morgan fingerprint density at radius 1 is 1.19 bits per heavy atom. The Balaban J connectivity index is 1.68. The van der Waals surface area contributed by atoms with Crippen LogP contribution in [0.3, 0.4) is 0 Å². The molecule has 0 aliphatic heterocycles. The number of aromatic nitrogens is 1. The summed E-state index contributed by atoms with van der Waals surface area (Å²) in [5, 5.41) is 21.7. The number of nitriles is 1. The fourth-order valence-electron chi connectivity index (χ4n) is 2.78. The van der Waals surface area contributed by atoms with Crippen molar-refractivity contribution < 1.29 is 14.7 Å². The highest BCUT2D eigenvalue weighted by Gasteiger charge is 2.21. The van der Waals surface area contributed by atoms with Crippen molar-refractivity contribution in [2.24, 2.45) is 0 Å². The van der Waals surface area contributed by atoms with E-state index in [4.69, 9.17) is 5.26 Å². The van der Waals surface area contributed by atoms with E-state index in [1.54, 1.807) is 36.5 Å². The van der Waals surface area contributed by atoms with Crippen molar-refractivity contribution in [2.75, 3.05) is 0 Å². The molecule has 0 spiro atoms. The van der Waals surface area contributed by atoms with Gasteiger partial charge in [-0.05, 0) is 35.4 Å². The van der Waals surface area contributed by atoms with Crippen LogP contribution in [0.25, 0.3) is 17.0 Å². The molecule has 1 amide bonds. The number of nitrogens with one attached hydrogen (secondary N) is 2. The zero-order valence-electron chi connectivity index (χ0n) is 14.3. The number of fused-ring (bicyclic) bond motifs is 1. The highest BCUT2D eigenvalue weighted by atomic mass is 16.4. The first-order valence-electron chi connectivity index (χ1n) is 8.33. The van der Waals surface area contributed by atoms with Crippen LogP contribution in [-0.2, 0) is 16.0 Å². The van der Waals surface area contributed by atoms with E-state index in [1.165, 1.54) is 6.08 Å². The highest BCUT2D eigenvalue weighted by Crippen LogP contribution is 2.19. The number of rotatable bonds is 6. The van der Waals surface area contributed by atoms with E-state index in [9.17, 15) is 14.7 Å². The molecule has 6 nitrogen and oxygen atoms in total. The van der Waals surface area contributed by atoms with Crippen molar-refractivity contribution in [1.82, 2.24) is 10.3 Å². The molecule has 1 heterocycles. The summed E-state index contributed by atoms with van der Waals surface area (Å²) in [6.07, 6.45) is 4.79. The van der Waals surface area contributed by atoms with Crippen LogP contribution >= 0.6 is 0 Å². The third-order valence-electron chi connectivity index (χ3n) is 4.18. The standard InChI is InChI=1S/C21H17N3O3/c22-12-15-7-5-14(6-8-15)9-10-20(25)24-19(21(26)27)11-16-13-23-18-4-2-1-3-17(16)18/h1-10,13,19,23H,11H2,(H,24,25)(H,26,27)/b10-9+/t19-/m0/s1. The zero-order chi connectivity index (χ0) is 19.2. The third kappa shape index (κ3) is 4.41. The summed E-state index contributed by atoms with van der Waals surface area (Å²) in [4.78, 5) is 26.8. The normalized spacial score (nSPS) is 12.0. The molecule has 0 radical (unpaired) electrons. The fourth-order valence-corrected chi connectivity index (χ4v) is 2.78. The number of hydrogen-bond acceptors (Lipinski definition) is 3. The van der Waals surface area contributed by atoms with Crippen molar-refractivity contribution in [3.05, 3.63) is 77.5 Å². The first kappa shape index (κ1) is 18.0. The molecule has 0 fully saturated rings. The van der Waals surface area contributed by atoms with E-state index in [1.807, 2.05) is 30.3 Å². The van der Waals surface area contributed by atoms with Crippen LogP contribution in [-0.4, -0.2) is 28.0 Å². The number of aromatic amines is 1. The molecular formula is C21H17N3O3. The number of carboxylic acids is 1. The van der Waals surface area contributed by atoms with Gasteiger partial charge in [-0.3, -0.25) is 4.79 Å². The third-order valence-corrected chi connectivity index (χ3v) is 4.18. The van der Waals surface area contributed by atoms with Gasteiger partial charge in [-0.25, -0.2) is 4.79 Å². The van der Waals surface area contributed by atoms with Crippen LogP contribution in [0.2, 0.25) is 0 Å². The largest absolute Gasteiger partial charge is 0.480 e. The number of H-pyrrole nitrogens is 1. The molecular weight excluding hydrogens is 342 g/mol. The maximum atomic E-state index is 12.1. The highest BCUT2D eigenvalue weighted by molar-refractivity contribution is 5.94.